The maximum atomic E-state index is 12.2. The number of rotatable bonds is 6. The molecule has 0 bridgehead atoms. The van der Waals surface area contributed by atoms with Gasteiger partial charge >= 0.3 is 0 Å². The van der Waals surface area contributed by atoms with Crippen LogP contribution in [-0.2, 0) is 22.4 Å². The molecule has 1 N–H and O–H groups in total. The zero-order chi connectivity index (χ0) is 15.9. The van der Waals surface area contributed by atoms with Gasteiger partial charge in [0.2, 0.25) is 5.91 Å². The summed E-state index contributed by atoms with van der Waals surface area (Å²) in [4.78, 5) is 24.1. The van der Waals surface area contributed by atoms with E-state index in [2.05, 4.69) is 5.32 Å². The summed E-state index contributed by atoms with van der Waals surface area (Å²) in [7, 11) is 0. The first kappa shape index (κ1) is 16.0. The van der Waals surface area contributed by atoms with Crippen LogP contribution in [0.15, 0.2) is 54.6 Å². The number of nitrogens with one attached hydrogen (secondary N) is 1. The average molecular weight is 295 g/mol. The minimum Gasteiger partial charge on any atom is -0.326 e. The van der Waals surface area contributed by atoms with Crippen LogP contribution in [0, 0.1) is 5.92 Å². The molecule has 3 nitrogen and oxygen atoms in total. The van der Waals surface area contributed by atoms with E-state index in [0.29, 0.717) is 12.8 Å². The molecule has 0 aliphatic rings. The Morgan fingerprint density at radius 1 is 0.909 bits per heavy atom. The molecular weight excluding hydrogens is 274 g/mol. The minimum atomic E-state index is -0.0735. The van der Waals surface area contributed by atoms with Crippen molar-refractivity contribution in [1.29, 1.82) is 0 Å². The number of para-hydroxylation sites is 1. The van der Waals surface area contributed by atoms with Crippen molar-refractivity contribution in [3.8, 4) is 0 Å². The number of hydrogen-bond donors (Lipinski definition) is 1. The normalized spacial score (nSPS) is 10.5. The maximum Gasteiger partial charge on any atom is 0.228 e. The molecule has 114 valence electrons. The monoisotopic (exact) mass is 295 g/mol. The zero-order valence-electron chi connectivity index (χ0n) is 13.0. The van der Waals surface area contributed by atoms with Crippen LogP contribution in [0.3, 0.4) is 0 Å². The molecule has 0 spiro atoms. The summed E-state index contributed by atoms with van der Waals surface area (Å²) >= 11 is 0. The number of carbonyl (C=O) groups is 2. The van der Waals surface area contributed by atoms with Crippen LogP contribution < -0.4 is 5.32 Å². The van der Waals surface area contributed by atoms with Crippen molar-refractivity contribution in [3.63, 3.8) is 0 Å². The Bertz CT molecular complexity index is 647. The minimum absolute atomic E-state index is 0.00641. The molecule has 0 fully saturated rings. The second-order valence-electron chi connectivity index (χ2n) is 5.67. The highest BCUT2D eigenvalue weighted by Crippen LogP contribution is 2.18. The van der Waals surface area contributed by atoms with Crippen molar-refractivity contribution in [1.82, 2.24) is 0 Å². The van der Waals surface area contributed by atoms with Gasteiger partial charge in [0.15, 0.2) is 0 Å². The van der Waals surface area contributed by atoms with E-state index in [1.54, 1.807) is 0 Å². The van der Waals surface area contributed by atoms with E-state index in [1.807, 2.05) is 68.4 Å². The lowest BCUT2D eigenvalue weighted by Crippen LogP contribution is -2.17. The fraction of sp³-hybridized carbons (Fsp3) is 0.263. The van der Waals surface area contributed by atoms with Gasteiger partial charge in [-0.3, -0.25) is 9.59 Å². The third kappa shape index (κ3) is 4.55. The first-order valence-corrected chi connectivity index (χ1v) is 7.50. The quantitative estimate of drug-likeness (QED) is 0.884. The van der Waals surface area contributed by atoms with Gasteiger partial charge < -0.3 is 5.32 Å². The van der Waals surface area contributed by atoms with Crippen molar-refractivity contribution in [2.75, 3.05) is 5.32 Å². The lowest BCUT2D eigenvalue weighted by molar-refractivity contribution is -0.121. The molecule has 22 heavy (non-hydrogen) atoms. The van der Waals surface area contributed by atoms with E-state index in [9.17, 15) is 9.59 Å². The summed E-state index contributed by atoms with van der Waals surface area (Å²) in [5, 5.41) is 2.91. The van der Waals surface area contributed by atoms with Crippen LogP contribution in [0.1, 0.15) is 25.0 Å². The summed E-state index contributed by atoms with van der Waals surface area (Å²) < 4.78 is 0. The molecule has 3 heteroatoms. The largest absolute Gasteiger partial charge is 0.326 e. The maximum absolute atomic E-state index is 12.2. The SMILES string of the molecule is CC(C)C(=O)Cc1ccccc1NC(=O)Cc1ccccc1. The lowest BCUT2D eigenvalue weighted by Gasteiger charge is -2.12. The third-order valence-corrected chi connectivity index (χ3v) is 3.51. The van der Waals surface area contributed by atoms with Crippen molar-refractivity contribution < 1.29 is 9.59 Å². The molecule has 0 unspecified atom stereocenters. The van der Waals surface area contributed by atoms with Crippen LogP contribution in [0.4, 0.5) is 5.69 Å². The summed E-state index contributed by atoms with van der Waals surface area (Å²) in [5.74, 6) is 0.0912. The average Bonchev–Trinajstić information content (AvgIpc) is 2.50. The molecule has 0 atom stereocenters. The standard InChI is InChI=1S/C19H21NO2/c1-14(2)18(21)13-16-10-6-7-11-17(16)20-19(22)12-15-8-4-3-5-9-15/h3-11,14H,12-13H2,1-2H3,(H,20,22). The Kier molecular flexibility index (Phi) is 5.48. The lowest BCUT2D eigenvalue weighted by atomic mass is 9.99. The predicted octanol–water partition coefficient (Wildman–Crippen LogP) is 3.64. The van der Waals surface area contributed by atoms with Crippen molar-refractivity contribution in [2.45, 2.75) is 26.7 Å². The van der Waals surface area contributed by atoms with Crippen LogP contribution in [0.2, 0.25) is 0 Å². The van der Waals surface area contributed by atoms with Gasteiger partial charge in [-0.25, -0.2) is 0 Å². The van der Waals surface area contributed by atoms with Gasteiger partial charge in [-0.2, -0.15) is 0 Å². The second kappa shape index (κ2) is 7.55. The Morgan fingerprint density at radius 3 is 2.23 bits per heavy atom. The van der Waals surface area contributed by atoms with Crippen LogP contribution in [0.25, 0.3) is 0 Å². The highest BCUT2D eigenvalue weighted by atomic mass is 16.1. The van der Waals surface area contributed by atoms with Gasteiger partial charge in [0, 0.05) is 18.0 Å². The van der Waals surface area contributed by atoms with E-state index in [1.165, 1.54) is 0 Å². The van der Waals surface area contributed by atoms with E-state index >= 15 is 0 Å². The van der Waals surface area contributed by atoms with Gasteiger partial charge in [-0.05, 0) is 17.2 Å². The Labute approximate surface area is 131 Å². The molecular formula is C19H21NO2. The number of hydrogen-bond acceptors (Lipinski definition) is 2. The van der Waals surface area contributed by atoms with Gasteiger partial charge in [0.25, 0.3) is 0 Å². The molecule has 0 radical (unpaired) electrons. The second-order valence-corrected chi connectivity index (χ2v) is 5.67. The topological polar surface area (TPSA) is 46.2 Å². The summed E-state index contributed by atoms with van der Waals surface area (Å²) in [5.41, 5.74) is 2.55. The van der Waals surface area contributed by atoms with E-state index in [-0.39, 0.29) is 17.6 Å². The number of anilines is 1. The van der Waals surface area contributed by atoms with Crippen molar-refractivity contribution >= 4 is 17.4 Å². The van der Waals surface area contributed by atoms with E-state index in [4.69, 9.17) is 0 Å². The molecule has 0 saturated heterocycles. The number of benzene rings is 2. The molecule has 0 aromatic heterocycles. The van der Waals surface area contributed by atoms with Crippen LogP contribution in [-0.4, -0.2) is 11.7 Å². The number of carbonyl (C=O) groups excluding carboxylic acids is 2. The molecule has 0 saturated carbocycles. The Balaban J connectivity index is 2.06. The van der Waals surface area contributed by atoms with E-state index < -0.39 is 0 Å². The molecule has 2 aromatic rings. The number of amides is 1. The highest BCUT2D eigenvalue weighted by Gasteiger charge is 2.12. The van der Waals surface area contributed by atoms with Gasteiger partial charge in [0.1, 0.15) is 5.78 Å². The molecule has 0 heterocycles. The van der Waals surface area contributed by atoms with Gasteiger partial charge in [-0.1, -0.05) is 62.4 Å². The molecule has 0 aliphatic carbocycles. The number of Topliss-reactive ketones (excluding diaryl/α,β-unsaturated/α-hetero) is 1. The molecule has 0 aliphatic heterocycles. The fourth-order valence-corrected chi connectivity index (χ4v) is 2.16. The summed E-state index contributed by atoms with van der Waals surface area (Å²) in [6.45, 7) is 3.78. The van der Waals surface area contributed by atoms with Crippen LogP contribution >= 0.6 is 0 Å². The Hall–Kier alpha value is -2.42. The summed E-state index contributed by atoms with van der Waals surface area (Å²) in [6, 6.07) is 17.1. The van der Waals surface area contributed by atoms with Crippen LogP contribution in [0.5, 0.6) is 0 Å². The highest BCUT2D eigenvalue weighted by molar-refractivity contribution is 5.94. The first-order valence-electron chi connectivity index (χ1n) is 7.50. The third-order valence-electron chi connectivity index (χ3n) is 3.51. The Morgan fingerprint density at radius 2 is 1.55 bits per heavy atom. The first-order chi connectivity index (χ1) is 10.6. The molecule has 1 amide bonds. The zero-order valence-corrected chi connectivity index (χ0v) is 13.0. The molecule has 2 rings (SSSR count). The molecule has 2 aromatic carbocycles. The fourth-order valence-electron chi connectivity index (χ4n) is 2.16. The van der Waals surface area contributed by atoms with E-state index in [0.717, 1.165) is 16.8 Å². The number of ketones is 1. The van der Waals surface area contributed by atoms with Gasteiger partial charge in [0.05, 0.1) is 6.42 Å². The summed E-state index contributed by atoms with van der Waals surface area (Å²) in [6.07, 6.45) is 0.673. The predicted molar refractivity (Wildman–Crippen MR) is 88.8 cm³/mol. The van der Waals surface area contributed by atoms with Crippen molar-refractivity contribution in [3.05, 3.63) is 65.7 Å². The van der Waals surface area contributed by atoms with Gasteiger partial charge in [-0.15, -0.1) is 0 Å². The smallest absolute Gasteiger partial charge is 0.228 e. The van der Waals surface area contributed by atoms with Crippen molar-refractivity contribution in [2.24, 2.45) is 5.92 Å².